The van der Waals surface area contributed by atoms with Crippen LogP contribution in [0.1, 0.15) is 0 Å². The SMILES string of the molecule is O=C(Nc1cccc([N+](=O)[O-])c1)C(=O)N(CCO)CCO. The van der Waals surface area contributed by atoms with E-state index in [1.54, 1.807) is 0 Å². The maximum absolute atomic E-state index is 11.8. The van der Waals surface area contributed by atoms with Gasteiger partial charge in [-0.3, -0.25) is 19.7 Å². The number of aliphatic hydroxyl groups excluding tert-OH is 2. The third-order valence-electron chi connectivity index (χ3n) is 2.54. The maximum atomic E-state index is 11.8. The van der Waals surface area contributed by atoms with Gasteiger partial charge in [0.25, 0.3) is 5.69 Å². The van der Waals surface area contributed by atoms with Crippen molar-refractivity contribution >= 4 is 23.2 Å². The van der Waals surface area contributed by atoms with Crippen LogP contribution in [0, 0.1) is 10.1 Å². The fourth-order valence-electron chi connectivity index (χ4n) is 1.58. The van der Waals surface area contributed by atoms with Crippen LogP contribution in [0.15, 0.2) is 24.3 Å². The molecule has 0 saturated heterocycles. The Labute approximate surface area is 119 Å². The van der Waals surface area contributed by atoms with Gasteiger partial charge in [-0.2, -0.15) is 0 Å². The summed E-state index contributed by atoms with van der Waals surface area (Å²) in [5, 5.41) is 30.4. The van der Waals surface area contributed by atoms with E-state index in [1.165, 1.54) is 18.2 Å². The van der Waals surface area contributed by atoms with Gasteiger partial charge in [-0.05, 0) is 6.07 Å². The van der Waals surface area contributed by atoms with Gasteiger partial charge < -0.3 is 20.4 Å². The van der Waals surface area contributed by atoms with Crippen LogP contribution in [-0.4, -0.2) is 58.2 Å². The number of carbonyl (C=O) groups excluding carboxylic acids is 2. The second-order valence-corrected chi connectivity index (χ2v) is 4.00. The zero-order valence-electron chi connectivity index (χ0n) is 11.1. The molecule has 0 aliphatic rings. The Kier molecular flexibility index (Phi) is 6.24. The number of aliphatic hydroxyl groups is 2. The molecule has 21 heavy (non-hydrogen) atoms. The molecule has 0 radical (unpaired) electrons. The highest BCUT2D eigenvalue weighted by Gasteiger charge is 2.21. The molecule has 0 spiro atoms. The van der Waals surface area contributed by atoms with Crippen molar-refractivity contribution < 1.29 is 24.7 Å². The van der Waals surface area contributed by atoms with Gasteiger partial charge in [-0.25, -0.2) is 0 Å². The zero-order valence-corrected chi connectivity index (χ0v) is 11.1. The number of nitrogens with one attached hydrogen (secondary N) is 1. The van der Waals surface area contributed by atoms with Crippen LogP contribution in [0.3, 0.4) is 0 Å². The number of rotatable bonds is 6. The van der Waals surface area contributed by atoms with Gasteiger partial charge in [0.2, 0.25) is 0 Å². The summed E-state index contributed by atoms with van der Waals surface area (Å²) in [7, 11) is 0. The van der Waals surface area contributed by atoms with Crippen LogP contribution >= 0.6 is 0 Å². The second kappa shape index (κ2) is 7.92. The van der Waals surface area contributed by atoms with Crippen molar-refractivity contribution in [2.24, 2.45) is 0 Å². The van der Waals surface area contributed by atoms with Crippen LogP contribution in [0.5, 0.6) is 0 Å². The highest BCUT2D eigenvalue weighted by atomic mass is 16.6. The summed E-state index contributed by atoms with van der Waals surface area (Å²) in [5.41, 5.74) is -0.113. The molecule has 0 fully saturated rings. The number of hydrogen-bond donors (Lipinski definition) is 3. The topological polar surface area (TPSA) is 133 Å². The smallest absolute Gasteiger partial charge is 0.313 e. The molecular formula is C12H15N3O6. The molecule has 9 heteroatoms. The minimum atomic E-state index is -1.00. The van der Waals surface area contributed by atoms with Gasteiger partial charge in [0.15, 0.2) is 0 Å². The Morgan fingerprint density at radius 3 is 2.38 bits per heavy atom. The number of hydrogen-bond acceptors (Lipinski definition) is 6. The van der Waals surface area contributed by atoms with E-state index in [0.29, 0.717) is 0 Å². The van der Waals surface area contributed by atoms with Crippen molar-refractivity contribution in [2.45, 2.75) is 0 Å². The van der Waals surface area contributed by atoms with Crippen molar-refractivity contribution in [1.29, 1.82) is 0 Å². The van der Waals surface area contributed by atoms with Crippen LogP contribution in [0.25, 0.3) is 0 Å². The van der Waals surface area contributed by atoms with Crippen LogP contribution in [0.4, 0.5) is 11.4 Å². The van der Waals surface area contributed by atoms with E-state index in [9.17, 15) is 19.7 Å². The lowest BCUT2D eigenvalue weighted by Gasteiger charge is -2.19. The predicted octanol–water partition coefficient (Wildman–Crippen LogP) is -0.654. The molecule has 0 aliphatic heterocycles. The summed E-state index contributed by atoms with van der Waals surface area (Å²) in [6, 6.07) is 5.15. The monoisotopic (exact) mass is 297 g/mol. The molecule has 0 aliphatic carbocycles. The Morgan fingerprint density at radius 1 is 1.24 bits per heavy atom. The summed E-state index contributed by atoms with van der Waals surface area (Å²) >= 11 is 0. The Balaban J connectivity index is 2.77. The fraction of sp³-hybridized carbons (Fsp3) is 0.333. The van der Waals surface area contributed by atoms with E-state index in [0.717, 1.165) is 11.0 Å². The van der Waals surface area contributed by atoms with E-state index in [2.05, 4.69) is 5.32 Å². The number of nitro groups is 1. The molecule has 1 aromatic rings. The van der Waals surface area contributed by atoms with Crippen molar-refractivity contribution in [2.75, 3.05) is 31.6 Å². The standard InChI is InChI=1S/C12H15N3O6/c16-6-4-14(5-7-17)12(19)11(18)13-9-2-1-3-10(8-9)15(20)21/h1-3,8,16-17H,4-7H2,(H,13,18). The van der Waals surface area contributed by atoms with Crippen molar-refractivity contribution in [3.63, 3.8) is 0 Å². The highest BCUT2D eigenvalue weighted by Crippen LogP contribution is 2.16. The third kappa shape index (κ3) is 4.82. The first-order valence-electron chi connectivity index (χ1n) is 6.06. The van der Waals surface area contributed by atoms with Gasteiger partial charge in [0.05, 0.1) is 18.1 Å². The number of non-ortho nitro benzene ring substituents is 1. The number of nitro benzene ring substituents is 1. The van der Waals surface area contributed by atoms with Gasteiger partial charge in [-0.15, -0.1) is 0 Å². The zero-order chi connectivity index (χ0) is 15.8. The van der Waals surface area contributed by atoms with E-state index in [-0.39, 0.29) is 37.7 Å². The summed E-state index contributed by atoms with van der Waals surface area (Å²) in [6.07, 6.45) is 0. The molecule has 9 nitrogen and oxygen atoms in total. The number of amides is 2. The molecule has 2 amide bonds. The number of nitrogens with zero attached hydrogens (tertiary/aromatic N) is 2. The molecule has 114 valence electrons. The van der Waals surface area contributed by atoms with Crippen molar-refractivity contribution in [1.82, 2.24) is 4.90 Å². The summed E-state index contributed by atoms with van der Waals surface area (Å²) < 4.78 is 0. The van der Waals surface area contributed by atoms with Crippen LogP contribution in [0.2, 0.25) is 0 Å². The van der Waals surface area contributed by atoms with Crippen LogP contribution in [-0.2, 0) is 9.59 Å². The predicted molar refractivity (Wildman–Crippen MR) is 72.5 cm³/mol. The van der Waals surface area contributed by atoms with Crippen molar-refractivity contribution in [3.05, 3.63) is 34.4 Å². The van der Waals surface area contributed by atoms with E-state index in [1.807, 2.05) is 0 Å². The maximum Gasteiger partial charge on any atom is 0.313 e. The number of benzene rings is 1. The molecule has 1 aromatic carbocycles. The van der Waals surface area contributed by atoms with Crippen LogP contribution < -0.4 is 5.32 Å². The third-order valence-corrected chi connectivity index (χ3v) is 2.54. The number of carbonyl (C=O) groups is 2. The summed E-state index contributed by atoms with van der Waals surface area (Å²) in [5.74, 6) is -1.94. The highest BCUT2D eigenvalue weighted by molar-refractivity contribution is 6.39. The average molecular weight is 297 g/mol. The molecule has 0 heterocycles. The molecule has 3 N–H and O–H groups in total. The first-order valence-corrected chi connectivity index (χ1v) is 6.06. The van der Waals surface area contributed by atoms with Gasteiger partial charge in [-0.1, -0.05) is 6.07 Å². The largest absolute Gasteiger partial charge is 0.395 e. The minimum Gasteiger partial charge on any atom is -0.395 e. The average Bonchev–Trinajstić information content (AvgIpc) is 2.46. The molecule has 0 atom stereocenters. The van der Waals surface area contributed by atoms with E-state index in [4.69, 9.17) is 10.2 Å². The molecule has 0 aromatic heterocycles. The van der Waals surface area contributed by atoms with Gasteiger partial charge in [0.1, 0.15) is 0 Å². The molecular weight excluding hydrogens is 282 g/mol. The normalized spacial score (nSPS) is 10.0. The Morgan fingerprint density at radius 2 is 1.86 bits per heavy atom. The van der Waals surface area contributed by atoms with E-state index >= 15 is 0 Å². The molecule has 0 bridgehead atoms. The summed E-state index contributed by atoms with van der Waals surface area (Å²) in [6.45, 7) is -0.894. The second-order valence-electron chi connectivity index (χ2n) is 4.00. The van der Waals surface area contributed by atoms with Gasteiger partial charge >= 0.3 is 11.8 Å². The fourth-order valence-corrected chi connectivity index (χ4v) is 1.58. The summed E-state index contributed by atoms with van der Waals surface area (Å²) in [4.78, 5) is 34.5. The lowest BCUT2D eigenvalue weighted by Crippen LogP contribution is -2.42. The molecule has 0 unspecified atom stereocenters. The first kappa shape index (κ1) is 16.5. The first-order chi connectivity index (χ1) is 9.99. The van der Waals surface area contributed by atoms with Crippen molar-refractivity contribution in [3.8, 4) is 0 Å². The Bertz CT molecular complexity index is 527. The molecule has 0 saturated carbocycles. The minimum absolute atomic E-state index is 0.0955. The Hall–Kier alpha value is -2.52. The lowest BCUT2D eigenvalue weighted by molar-refractivity contribution is -0.384. The molecule has 1 rings (SSSR count). The van der Waals surface area contributed by atoms with E-state index < -0.39 is 16.7 Å². The number of anilines is 1. The van der Waals surface area contributed by atoms with Gasteiger partial charge in [0, 0.05) is 30.9 Å². The quantitative estimate of drug-likeness (QED) is 0.363. The lowest BCUT2D eigenvalue weighted by atomic mass is 10.3.